The van der Waals surface area contributed by atoms with Gasteiger partial charge in [0.15, 0.2) is 8.32 Å². The summed E-state index contributed by atoms with van der Waals surface area (Å²) in [5, 5.41) is 3.29. The number of hydrogen-bond acceptors (Lipinski definition) is 9. The topological polar surface area (TPSA) is 138 Å². The summed E-state index contributed by atoms with van der Waals surface area (Å²) in [5.41, 5.74) is 7.49. The van der Waals surface area contributed by atoms with E-state index in [0.29, 0.717) is 54.8 Å². The van der Waals surface area contributed by atoms with E-state index in [1.807, 2.05) is 0 Å². The van der Waals surface area contributed by atoms with Crippen LogP contribution in [0.2, 0.25) is 23.2 Å². The zero-order valence-corrected chi connectivity index (χ0v) is 30.6. The number of hydrogen-bond donors (Lipinski definition) is 2. The number of nitrogens with one attached hydrogen (secondary N) is 1. The number of benzene rings is 1. The van der Waals surface area contributed by atoms with Crippen molar-refractivity contribution in [3.8, 4) is 11.1 Å². The van der Waals surface area contributed by atoms with Crippen LogP contribution in [0.15, 0.2) is 24.5 Å². The van der Waals surface area contributed by atoms with Gasteiger partial charge < -0.3 is 24.4 Å². The van der Waals surface area contributed by atoms with Crippen molar-refractivity contribution < 1.29 is 32.6 Å². The molecule has 48 heavy (non-hydrogen) atoms. The summed E-state index contributed by atoms with van der Waals surface area (Å²) in [4.78, 5) is 36.5. The van der Waals surface area contributed by atoms with Crippen LogP contribution in [0.3, 0.4) is 0 Å². The number of anilines is 3. The molecule has 4 heterocycles. The number of carbonyl (C=O) groups is 2. The predicted molar refractivity (Wildman–Crippen MR) is 188 cm³/mol. The summed E-state index contributed by atoms with van der Waals surface area (Å²) in [6.07, 6.45) is 2.41. The van der Waals surface area contributed by atoms with E-state index in [9.17, 15) is 9.59 Å². The Morgan fingerprint density at radius 2 is 1.88 bits per heavy atom. The first-order chi connectivity index (χ1) is 22.3. The average Bonchev–Trinajstić information content (AvgIpc) is 3.49. The van der Waals surface area contributed by atoms with Gasteiger partial charge in [0.05, 0.1) is 35.3 Å². The molecule has 2 aliphatic rings. The van der Waals surface area contributed by atoms with Crippen LogP contribution in [0.5, 0.6) is 0 Å². The summed E-state index contributed by atoms with van der Waals surface area (Å²) in [6.45, 7) is 17.9. The van der Waals surface area contributed by atoms with E-state index in [0.717, 1.165) is 0 Å². The summed E-state index contributed by atoms with van der Waals surface area (Å²) in [5.74, 6) is -0.588. The number of carbonyl (C=O) groups excluding carboxylic acids is 2. The Labute approximate surface area is 286 Å². The number of pyridine rings is 2. The largest absolute Gasteiger partial charge is 0.443 e. The molecule has 260 valence electrons. The van der Waals surface area contributed by atoms with Gasteiger partial charge in [0.2, 0.25) is 0 Å². The molecule has 0 saturated carbocycles. The van der Waals surface area contributed by atoms with Crippen molar-refractivity contribution >= 4 is 60.1 Å². The Morgan fingerprint density at radius 3 is 2.52 bits per heavy atom. The Bertz CT molecular complexity index is 1720. The molecule has 1 fully saturated rings. The van der Waals surface area contributed by atoms with E-state index in [1.54, 1.807) is 32.9 Å². The van der Waals surface area contributed by atoms with Gasteiger partial charge in [-0.25, -0.2) is 19.0 Å². The maximum Gasteiger partial charge on any atom is 0.414 e. The highest BCUT2D eigenvalue weighted by Gasteiger charge is 2.40. The zero-order chi connectivity index (χ0) is 35.2. The molecule has 2 aromatic heterocycles. The molecule has 3 aromatic rings. The van der Waals surface area contributed by atoms with Crippen LogP contribution in [0.4, 0.5) is 31.2 Å². The molecule has 2 atom stereocenters. The molecule has 3 N–H and O–H groups in total. The first-order valence-corrected chi connectivity index (χ1v) is 19.4. The lowest BCUT2D eigenvalue weighted by atomic mass is 9.93. The number of rotatable bonds is 6. The fraction of sp³-hybridized carbons (Fsp3) is 0.529. The van der Waals surface area contributed by atoms with Gasteiger partial charge in [-0.1, -0.05) is 32.4 Å². The fourth-order valence-corrected chi connectivity index (χ4v) is 6.78. The van der Waals surface area contributed by atoms with E-state index < -0.39 is 31.9 Å². The van der Waals surface area contributed by atoms with E-state index in [4.69, 9.17) is 41.0 Å². The van der Waals surface area contributed by atoms with Crippen LogP contribution in [0.1, 0.15) is 53.7 Å². The number of amides is 2. The second-order valence-corrected chi connectivity index (χ2v) is 20.2. The molecule has 2 unspecified atom stereocenters. The van der Waals surface area contributed by atoms with Gasteiger partial charge >= 0.3 is 12.2 Å². The summed E-state index contributed by atoms with van der Waals surface area (Å²) in [6, 6.07) is 3.13. The lowest BCUT2D eigenvalue weighted by Gasteiger charge is -2.40. The van der Waals surface area contributed by atoms with Crippen LogP contribution in [-0.4, -0.2) is 68.5 Å². The highest BCUT2D eigenvalue weighted by molar-refractivity contribution is 6.74. The molecule has 2 aliphatic heterocycles. The quantitative estimate of drug-likeness (QED) is 0.245. The molecule has 1 aromatic carbocycles. The minimum absolute atomic E-state index is 0.0221. The van der Waals surface area contributed by atoms with Gasteiger partial charge in [-0.15, -0.1) is 0 Å². The highest BCUT2D eigenvalue weighted by atomic mass is 35.5. The van der Waals surface area contributed by atoms with Crippen LogP contribution in [0, 0.1) is 11.7 Å². The van der Waals surface area contributed by atoms with Crippen molar-refractivity contribution in [2.75, 3.05) is 42.3 Å². The molecule has 0 bridgehead atoms. The maximum absolute atomic E-state index is 16.0. The summed E-state index contributed by atoms with van der Waals surface area (Å²) < 4.78 is 38.9. The van der Waals surface area contributed by atoms with Crippen molar-refractivity contribution in [1.82, 2.24) is 9.97 Å². The normalized spacial score (nSPS) is 18.5. The standard InChI is InChI=1S/C34H45ClFN5O6Si/c1-33(2,3)47-32(43)41-16-19(17-45-48(7,8)34(4,5)6)11-25-30(41)29(37)24(15-38-25)22-12-20-13-26(39-14-23(20)27(35)28(22)36)40-31(42)46-21-9-10-44-18-21/h12-15,19,21H,9-11,16-18H2,1-8H3,(H2,37,38)(H,39,40,42). The van der Waals surface area contributed by atoms with E-state index in [2.05, 4.69) is 44.2 Å². The van der Waals surface area contributed by atoms with E-state index in [-0.39, 0.29) is 51.3 Å². The van der Waals surface area contributed by atoms with E-state index >= 15 is 4.39 Å². The molecule has 5 rings (SSSR count). The Balaban J connectivity index is 1.50. The Kier molecular flexibility index (Phi) is 10.00. The molecule has 2 amide bonds. The molecule has 11 nitrogen and oxygen atoms in total. The van der Waals surface area contributed by atoms with Gasteiger partial charge in [-0.05, 0) is 62.8 Å². The number of nitrogens with zero attached hydrogens (tertiary/aromatic N) is 3. The van der Waals surface area contributed by atoms with Crippen LogP contribution in [0.25, 0.3) is 21.9 Å². The van der Waals surface area contributed by atoms with Crippen LogP contribution >= 0.6 is 11.6 Å². The SMILES string of the molecule is CC(C)(C)OC(=O)N1CC(CO[Si](C)(C)C(C)(C)C)Cc2ncc(-c3cc4cc(NC(=O)OC5CCOC5)ncc4c(Cl)c3F)c(N)c21. The second-order valence-electron chi connectivity index (χ2n) is 15.0. The molecule has 0 radical (unpaired) electrons. The third kappa shape index (κ3) is 7.69. The number of ether oxygens (including phenoxy) is 3. The highest BCUT2D eigenvalue weighted by Crippen LogP contribution is 2.44. The molecule has 0 spiro atoms. The molecular formula is C34H45ClFN5O6Si. The third-order valence-electron chi connectivity index (χ3n) is 9.04. The zero-order valence-electron chi connectivity index (χ0n) is 28.8. The summed E-state index contributed by atoms with van der Waals surface area (Å²) in [7, 11) is -2.06. The van der Waals surface area contributed by atoms with Crippen molar-refractivity contribution in [2.24, 2.45) is 5.92 Å². The lowest BCUT2D eigenvalue weighted by molar-refractivity contribution is 0.0566. The van der Waals surface area contributed by atoms with Crippen LogP contribution < -0.4 is 16.0 Å². The molecule has 0 aliphatic carbocycles. The van der Waals surface area contributed by atoms with Gasteiger partial charge in [-0.2, -0.15) is 0 Å². The minimum Gasteiger partial charge on any atom is -0.443 e. The van der Waals surface area contributed by atoms with Crippen molar-refractivity contribution in [3.63, 3.8) is 0 Å². The first-order valence-electron chi connectivity index (χ1n) is 16.1. The van der Waals surface area contributed by atoms with Gasteiger partial charge in [0.25, 0.3) is 0 Å². The van der Waals surface area contributed by atoms with Crippen molar-refractivity contribution in [1.29, 1.82) is 0 Å². The van der Waals surface area contributed by atoms with E-state index in [1.165, 1.54) is 17.3 Å². The Hall–Kier alpha value is -3.52. The molecule has 1 saturated heterocycles. The maximum atomic E-state index is 16.0. The average molecular weight is 702 g/mol. The van der Waals surface area contributed by atoms with Gasteiger partial charge in [-0.3, -0.25) is 15.2 Å². The minimum atomic E-state index is -2.06. The predicted octanol–water partition coefficient (Wildman–Crippen LogP) is 7.94. The van der Waals surface area contributed by atoms with Crippen molar-refractivity contribution in [3.05, 3.63) is 41.1 Å². The lowest BCUT2D eigenvalue weighted by Crippen LogP contribution is -2.47. The van der Waals surface area contributed by atoms with Crippen LogP contribution in [-0.2, 0) is 25.1 Å². The molecule has 14 heteroatoms. The van der Waals surface area contributed by atoms with Gasteiger partial charge in [0, 0.05) is 54.4 Å². The smallest absolute Gasteiger partial charge is 0.414 e. The number of halogens is 2. The number of aromatic nitrogens is 2. The molecular weight excluding hydrogens is 657 g/mol. The fourth-order valence-electron chi connectivity index (χ4n) is 5.43. The number of nitrogen functional groups attached to an aromatic ring is 1. The number of nitrogens with two attached hydrogens (primary N) is 1. The Morgan fingerprint density at radius 1 is 1.15 bits per heavy atom. The first kappa shape index (κ1) is 35.8. The number of fused-ring (bicyclic) bond motifs is 2. The summed E-state index contributed by atoms with van der Waals surface area (Å²) >= 11 is 6.53. The second kappa shape index (κ2) is 13.4. The third-order valence-corrected chi connectivity index (χ3v) is 13.9. The monoisotopic (exact) mass is 701 g/mol. The van der Waals surface area contributed by atoms with Gasteiger partial charge in [0.1, 0.15) is 23.3 Å². The van der Waals surface area contributed by atoms with Crippen molar-refractivity contribution in [2.45, 2.75) is 84.2 Å².